The molecule has 0 saturated heterocycles. The van der Waals surface area contributed by atoms with Crippen molar-refractivity contribution in [3.05, 3.63) is 53.6 Å². The van der Waals surface area contributed by atoms with Gasteiger partial charge in [0.15, 0.2) is 9.84 Å². The second-order valence-electron chi connectivity index (χ2n) is 9.64. The molecular formula is C28H43NO4S. The van der Waals surface area contributed by atoms with Gasteiger partial charge in [0, 0.05) is 31.1 Å². The fourth-order valence-electron chi connectivity index (χ4n) is 5.20. The van der Waals surface area contributed by atoms with Crippen molar-refractivity contribution in [1.82, 2.24) is 0 Å². The third-order valence-electron chi connectivity index (χ3n) is 7.13. The number of aliphatic hydroxyl groups is 1. The Kier molecular flexibility index (Phi) is 9.61. The van der Waals surface area contributed by atoms with E-state index in [0.29, 0.717) is 23.3 Å². The minimum Gasteiger partial charge on any atom is -0.497 e. The molecule has 34 heavy (non-hydrogen) atoms. The van der Waals surface area contributed by atoms with Crippen LogP contribution in [-0.4, -0.2) is 46.6 Å². The molecule has 0 unspecified atom stereocenters. The second kappa shape index (κ2) is 11.6. The molecular weight excluding hydrogens is 446 g/mol. The lowest BCUT2D eigenvalue weighted by Gasteiger charge is -2.40. The van der Waals surface area contributed by atoms with Crippen LogP contribution in [0.25, 0.3) is 0 Å². The van der Waals surface area contributed by atoms with Crippen LogP contribution in [0.4, 0.5) is 5.69 Å². The smallest absolute Gasteiger partial charge is 0.179 e. The molecule has 0 fully saturated rings. The lowest BCUT2D eigenvalue weighted by atomic mass is 9.68. The molecule has 0 amide bonds. The van der Waals surface area contributed by atoms with Crippen molar-refractivity contribution in [3.8, 4) is 5.75 Å². The van der Waals surface area contributed by atoms with Gasteiger partial charge in [-0.05, 0) is 54.3 Å². The van der Waals surface area contributed by atoms with E-state index in [-0.39, 0.29) is 13.2 Å². The number of hydrogen-bond donors (Lipinski definition) is 1. The number of sulfone groups is 1. The Morgan fingerprint density at radius 3 is 2.12 bits per heavy atom. The van der Waals surface area contributed by atoms with E-state index < -0.39 is 27.3 Å². The first-order valence-electron chi connectivity index (χ1n) is 12.0. The molecule has 2 aromatic carbocycles. The molecule has 1 aliphatic heterocycles. The zero-order valence-electron chi connectivity index (χ0n) is 20.7. The highest BCUT2D eigenvalue weighted by Gasteiger charge is 2.49. The average molecular weight is 490 g/mol. The van der Waals surface area contributed by atoms with Crippen LogP contribution in [0.15, 0.2) is 47.4 Å². The summed E-state index contributed by atoms with van der Waals surface area (Å²) in [6.45, 7) is 4.23. The molecule has 0 aliphatic carbocycles. The molecule has 1 heterocycles. The summed E-state index contributed by atoms with van der Waals surface area (Å²) < 4.78 is 32.9. The summed E-state index contributed by atoms with van der Waals surface area (Å²) in [7, 11) is 1.93. The minimum atomic E-state index is -3.58. The van der Waals surface area contributed by atoms with Crippen LogP contribution in [0.2, 0.25) is 0 Å². The van der Waals surface area contributed by atoms with Crippen molar-refractivity contribution in [3.63, 3.8) is 0 Å². The predicted octanol–water partition coefficient (Wildman–Crippen LogP) is 6.04. The largest absolute Gasteiger partial charge is 0.497 e. The Hall–Kier alpha value is -2.05. The van der Waals surface area contributed by atoms with Crippen molar-refractivity contribution in [2.75, 3.05) is 31.9 Å². The van der Waals surface area contributed by atoms with Gasteiger partial charge >= 0.3 is 0 Å². The quantitative estimate of drug-likeness (QED) is 0.465. The van der Waals surface area contributed by atoms with Crippen LogP contribution in [0.1, 0.15) is 76.8 Å². The Balaban J connectivity index is 0.00000408. The van der Waals surface area contributed by atoms with Crippen molar-refractivity contribution in [2.24, 2.45) is 5.41 Å². The number of rotatable bonds is 9. The standard InChI is InChI=1S/C27H39NO4S.CH4/c1-6-8-16-27(17-9-7-2)19-33(30,31)24-15-12-21(28(3)4)18-23(24)25(26(27)29)20-10-13-22(32-5)14-11-20;/h10-15,18,25-26,29H,6-9,16-17,19H2,1-5H3;1H4/t25-,26-;/m0./s1. The number of ether oxygens (including phenoxy) is 1. The van der Waals surface area contributed by atoms with Crippen molar-refractivity contribution >= 4 is 15.5 Å². The van der Waals surface area contributed by atoms with Gasteiger partial charge in [0.05, 0.1) is 23.9 Å². The second-order valence-corrected chi connectivity index (χ2v) is 11.6. The van der Waals surface area contributed by atoms with Gasteiger partial charge in [-0.2, -0.15) is 0 Å². The number of hydrogen-bond acceptors (Lipinski definition) is 5. The maximum absolute atomic E-state index is 13.8. The van der Waals surface area contributed by atoms with Crippen molar-refractivity contribution in [2.45, 2.75) is 76.7 Å². The van der Waals surface area contributed by atoms with Crippen LogP contribution >= 0.6 is 0 Å². The summed E-state index contributed by atoms with van der Waals surface area (Å²) in [6, 6.07) is 13.2. The molecule has 2 aromatic rings. The first kappa shape index (κ1) is 28.2. The lowest BCUT2D eigenvalue weighted by molar-refractivity contribution is 0.0127. The maximum atomic E-state index is 13.8. The zero-order chi connectivity index (χ0) is 24.2. The Morgan fingerprint density at radius 1 is 1.03 bits per heavy atom. The number of methoxy groups -OCH3 is 1. The van der Waals surface area contributed by atoms with E-state index in [1.807, 2.05) is 55.4 Å². The molecule has 5 nitrogen and oxygen atoms in total. The highest BCUT2D eigenvalue weighted by molar-refractivity contribution is 7.91. The summed E-state index contributed by atoms with van der Waals surface area (Å²) in [5.74, 6) is 0.291. The van der Waals surface area contributed by atoms with E-state index in [4.69, 9.17) is 4.74 Å². The van der Waals surface area contributed by atoms with E-state index >= 15 is 0 Å². The van der Waals surface area contributed by atoms with Gasteiger partial charge in [0.25, 0.3) is 0 Å². The van der Waals surface area contributed by atoms with Crippen molar-refractivity contribution < 1.29 is 18.3 Å². The average Bonchev–Trinajstić information content (AvgIpc) is 2.87. The first-order valence-corrected chi connectivity index (χ1v) is 13.7. The van der Waals surface area contributed by atoms with Crippen LogP contribution < -0.4 is 9.64 Å². The first-order chi connectivity index (χ1) is 15.7. The molecule has 0 aromatic heterocycles. The molecule has 2 atom stereocenters. The molecule has 0 radical (unpaired) electrons. The van der Waals surface area contributed by atoms with Crippen LogP contribution in [0, 0.1) is 5.41 Å². The van der Waals surface area contributed by atoms with Crippen LogP contribution in [0.5, 0.6) is 5.75 Å². The number of unbranched alkanes of at least 4 members (excludes halogenated alkanes) is 2. The molecule has 0 saturated carbocycles. The van der Waals surface area contributed by atoms with E-state index in [0.717, 1.165) is 42.7 Å². The summed E-state index contributed by atoms with van der Waals surface area (Å²) in [6.07, 6.45) is 4.31. The van der Waals surface area contributed by atoms with E-state index in [1.54, 1.807) is 13.2 Å². The van der Waals surface area contributed by atoms with E-state index in [1.165, 1.54) is 0 Å². The van der Waals surface area contributed by atoms with Crippen LogP contribution in [-0.2, 0) is 9.84 Å². The highest BCUT2D eigenvalue weighted by atomic mass is 32.2. The van der Waals surface area contributed by atoms with Gasteiger partial charge in [0.2, 0.25) is 0 Å². The molecule has 3 rings (SSSR count). The van der Waals surface area contributed by atoms with Gasteiger partial charge in [0.1, 0.15) is 5.75 Å². The maximum Gasteiger partial charge on any atom is 0.179 e. The fraction of sp³-hybridized carbons (Fsp3) is 0.571. The van der Waals surface area contributed by atoms with Gasteiger partial charge < -0.3 is 14.7 Å². The summed E-state index contributed by atoms with van der Waals surface area (Å²) >= 11 is 0. The number of nitrogens with zero attached hydrogens (tertiary/aromatic N) is 1. The number of anilines is 1. The fourth-order valence-corrected chi connectivity index (χ4v) is 7.39. The van der Waals surface area contributed by atoms with Crippen LogP contribution in [0.3, 0.4) is 0 Å². The third-order valence-corrected chi connectivity index (χ3v) is 9.13. The van der Waals surface area contributed by atoms with Gasteiger partial charge in [-0.1, -0.05) is 59.1 Å². The Morgan fingerprint density at radius 2 is 1.62 bits per heavy atom. The van der Waals surface area contributed by atoms with Gasteiger partial charge in [-0.25, -0.2) is 8.42 Å². The van der Waals surface area contributed by atoms with E-state index in [9.17, 15) is 13.5 Å². The third kappa shape index (κ3) is 5.60. The summed E-state index contributed by atoms with van der Waals surface area (Å²) in [5, 5.41) is 12.1. The van der Waals surface area contributed by atoms with Gasteiger partial charge in [-0.3, -0.25) is 0 Å². The number of fused-ring (bicyclic) bond motifs is 1. The summed E-state index contributed by atoms with van der Waals surface area (Å²) in [4.78, 5) is 2.32. The number of aliphatic hydroxyl groups excluding tert-OH is 1. The zero-order valence-corrected chi connectivity index (χ0v) is 21.5. The molecule has 190 valence electrons. The SMILES string of the molecule is C.CCCCC1(CCCC)CS(=O)(=O)c2ccc(N(C)C)cc2[C@H](c2ccc(OC)cc2)[C@@H]1O. The highest BCUT2D eigenvalue weighted by Crippen LogP contribution is 2.50. The molecule has 0 bridgehead atoms. The Labute approximate surface area is 207 Å². The van der Waals surface area contributed by atoms with Crippen molar-refractivity contribution in [1.29, 1.82) is 0 Å². The predicted molar refractivity (Wildman–Crippen MR) is 142 cm³/mol. The molecule has 1 aliphatic rings. The molecule has 1 N–H and O–H groups in total. The molecule has 0 spiro atoms. The van der Waals surface area contributed by atoms with Gasteiger partial charge in [-0.15, -0.1) is 0 Å². The summed E-state index contributed by atoms with van der Waals surface area (Å²) in [5.41, 5.74) is 1.83. The van der Waals surface area contributed by atoms with E-state index in [2.05, 4.69) is 13.8 Å². The topological polar surface area (TPSA) is 66.8 Å². The normalized spacial score (nSPS) is 20.5. The lowest BCUT2D eigenvalue weighted by Crippen LogP contribution is -2.43. The minimum absolute atomic E-state index is 0. The molecule has 6 heteroatoms. The monoisotopic (exact) mass is 489 g/mol. The number of benzene rings is 2. The Bertz CT molecular complexity index is 1020.